The maximum absolute atomic E-state index is 12.3. The van der Waals surface area contributed by atoms with Crippen LogP contribution in [-0.2, 0) is 9.84 Å². The van der Waals surface area contributed by atoms with Crippen LogP contribution in [0, 0.1) is 0 Å². The number of ether oxygens (including phenoxy) is 1. The number of sulfone groups is 1. The van der Waals surface area contributed by atoms with E-state index in [-0.39, 0.29) is 23.5 Å². The molecule has 2 rings (SSSR count). The number of rotatable bonds is 3. The van der Waals surface area contributed by atoms with Gasteiger partial charge in [0.2, 0.25) is 0 Å². The molecule has 1 heterocycles. The Morgan fingerprint density at radius 3 is 2.65 bits per heavy atom. The molecular formula is C13H18N2O4S. The maximum Gasteiger partial charge on any atom is 0.253 e. The molecule has 20 heavy (non-hydrogen) atoms. The Morgan fingerprint density at radius 2 is 2.15 bits per heavy atom. The van der Waals surface area contributed by atoms with Gasteiger partial charge in [-0.25, -0.2) is 8.42 Å². The van der Waals surface area contributed by atoms with Crippen molar-refractivity contribution >= 4 is 21.4 Å². The summed E-state index contributed by atoms with van der Waals surface area (Å²) in [6.07, 6.45) is 0.482. The van der Waals surface area contributed by atoms with Crippen LogP contribution in [0.5, 0.6) is 5.75 Å². The van der Waals surface area contributed by atoms with E-state index >= 15 is 0 Å². The summed E-state index contributed by atoms with van der Waals surface area (Å²) in [6.45, 7) is 0. The summed E-state index contributed by atoms with van der Waals surface area (Å²) in [5, 5.41) is 0. The number of nitrogens with two attached hydrogens (primary N) is 1. The van der Waals surface area contributed by atoms with Crippen LogP contribution >= 0.6 is 0 Å². The third-order valence-electron chi connectivity index (χ3n) is 3.55. The van der Waals surface area contributed by atoms with Gasteiger partial charge in [-0.05, 0) is 24.6 Å². The minimum Gasteiger partial charge on any atom is -0.495 e. The van der Waals surface area contributed by atoms with Crippen LogP contribution < -0.4 is 10.5 Å². The second-order valence-electron chi connectivity index (χ2n) is 4.93. The van der Waals surface area contributed by atoms with Crippen LogP contribution in [0.15, 0.2) is 18.2 Å². The van der Waals surface area contributed by atoms with E-state index in [1.54, 1.807) is 25.2 Å². The molecule has 0 aromatic heterocycles. The Morgan fingerprint density at radius 1 is 1.45 bits per heavy atom. The zero-order chi connectivity index (χ0) is 14.9. The van der Waals surface area contributed by atoms with E-state index in [4.69, 9.17) is 10.5 Å². The van der Waals surface area contributed by atoms with E-state index in [9.17, 15) is 13.2 Å². The molecule has 0 bridgehead atoms. The molecule has 7 heteroatoms. The number of nitrogen functional groups attached to an aromatic ring is 1. The summed E-state index contributed by atoms with van der Waals surface area (Å²) in [5.74, 6) is 0.440. The molecule has 0 aliphatic carbocycles. The number of carbonyl (C=O) groups excluding carboxylic acids is 1. The zero-order valence-electron chi connectivity index (χ0n) is 11.5. The fraction of sp³-hybridized carbons (Fsp3) is 0.462. The van der Waals surface area contributed by atoms with Gasteiger partial charge >= 0.3 is 0 Å². The third kappa shape index (κ3) is 2.87. The topological polar surface area (TPSA) is 89.7 Å². The van der Waals surface area contributed by atoms with Crippen LogP contribution in [0.1, 0.15) is 16.8 Å². The predicted molar refractivity (Wildman–Crippen MR) is 76.6 cm³/mol. The highest BCUT2D eigenvalue weighted by molar-refractivity contribution is 7.91. The molecule has 1 aliphatic heterocycles. The fourth-order valence-electron chi connectivity index (χ4n) is 2.32. The molecule has 1 aromatic carbocycles. The van der Waals surface area contributed by atoms with Crippen molar-refractivity contribution in [3.05, 3.63) is 23.8 Å². The fourth-order valence-corrected chi connectivity index (χ4v) is 4.09. The first-order chi connectivity index (χ1) is 9.34. The Bertz CT molecular complexity index is 627. The van der Waals surface area contributed by atoms with E-state index in [1.165, 1.54) is 12.0 Å². The summed E-state index contributed by atoms with van der Waals surface area (Å²) in [6, 6.07) is 4.52. The number of nitrogens with zero attached hydrogens (tertiary/aromatic N) is 1. The Kier molecular flexibility index (Phi) is 3.89. The summed E-state index contributed by atoms with van der Waals surface area (Å²) < 4.78 is 28.0. The summed E-state index contributed by atoms with van der Waals surface area (Å²) in [4.78, 5) is 13.8. The SMILES string of the molecule is COc1ccc(C(=O)N(C)C2CCS(=O)(=O)C2)cc1N. The number of methoxy groups -OCH3 is 1. The molecule has 1 atom stereocenters. The average molecular weight is 298 g/mol. The van der Waals surface area contributed by atoms with Crippen LogP contribution in [0.25, 0.3) is 0 Å². The normalized spacial score (nSPS) is 20.6. The van der Waals surface area contributed by atoms with Crippen molar-refractivity contribution in [2.24, 2.45) is 0 Å². The molecule has 1 aromatic rings. The Balaban J connectivity index is 2.17. The smallest absolute Gasteiger partial charge is 0.253 e. The van der Waals surface area contributed by atoms with Gasteiger partial charge in [0.15, 0.2) is 9.84 Å². The predicted octanol–water partition coefficient (Wildman–Crippen LogP) is 0.536. The molecule has 1 amide bonds. The molecule has 0 saturated carbocycles. The van der Waals surface area contributed by atoms with Gasteiger partial charge in [0, 0.05) is 18.7 Å². The van der Waals surface area contributed by atoms with Gasteiger partial charge in [-0.2, -0.15) is 0 Å². The highest BCUT2D eigenvalue weighted by Crippen LogP contribution is 2.24. The Hall–Kier alpha value is -1.76. The highest BCUT2D eigenvalue weighted by Gasteiger charge is 2.33. The van der Waals surface area contributed by atoms with Crippen molar-refractivity contribution < 1.29 is 17.9 Å². The van der Waals surface area contributed by atoms with Crippen molar-refractivity contribution in [3.8, 4) is 5.75 Å². The zero-order valence-corrected chi connectivity index (χ0v) is 12.3. The van der Waals surface area contributed by atoms with Gasteiger partial charge < -0.3 is 15.4 Å². The number of anilines is 1. The van der Waals surface area contributed by atoms with E-state index in [1.807, 2.05) is 0 Å². The lowest BCUT2D eigenvalue weighted by molar-refractivity contribution is 0.0747. The molecule has 6 nitrogen and oxygen atoms in total. The van der Waals surface area contributed by atoms with Crippen LogP contribution in [0.2, 0.25) is 0 Å². The lowest BCUT2D eigenvalue weighted by Gasteiger charge is -2.23. The lowest BCUT2D eigenvalue weighted by Crippen LogP contribution is -2.37. The summed E-state index contributed by atoms with van der Waals surface area (Å²) >= 11 is 0. The van der Waals surface area contributed by atoms with Gasteiger partial charge in [0.25, 0.3) is 5.91 Å². The molecule has 1 unspecified atom stereocenters. The van der Waals surface area contributed by atoms with Crippen LogP contribution in [-0.4, -0.2) is 50.9 Å². The number of carbonyl (C=O) groups is 1. The molecule has 1 aliphatic rings. The van der Waals surface area contributed by atoms with E-state index < -0.39 is 9.84 Å². The van der Waals surface area contributed by atoms with Crippen molar-refractivity contribution in [3.63, 3.8) is 0 Å². The second kappa shape index (κ2) is 5.32. The quantitative estimate of drug-likeness (QED) is 0.822. The first-order valence-corrected chi connectivity index (χ1v) is 8.07. The average Bonchev–Trinajstić information content (AvgIpc) is 2.77. The van der Waals surface area contributed by atoms with Gasteiger partial charge in [0.05, 0.1) is 24.3 Å². The van der Waals surface area contributed by atoms with Crippen molar-refractivity contribution in [1.29, 1.82) is 0 Å². The standard InChI is InChI=1S/C13H18N2O4S/c1-15(10-5-6-20(17,18)8-10)13(16)9-3-4-12(19-2)11(14)7-9/h3-4,7,10H,5-6,8,14H2,1-2H3. The summed E-state index contributed by atoms with van der Waals surface area (Å²) in [7, 11) is 0.108. The monoisotopic (exact) mass is 298 g/mol. The van der Waals surface area contributed by atoms with Gasteiger partial charge in [-0.15, -0.1) is 0 Å². The lowest BCUT2D eigenvalue weighted by atomic mass is 10.1. The minimum atomic E-state index is -3.01. The van der Waals surface area contributed by atoms with Gasteiger partial charge in [-0.3, -0.25) is 4.79 Å². The number of hydrogen-bond donors (Lipinski definition) is 1. The van der Waals surface area contributed by atoms with E-state index in [0.717, 1.165) is 0 Å². The molecular weight excluding hydrogens is 280 g/mol. The molecule has 1 saturated heterocycles. The van der Waals surface area contributed by atoms with Crippen LogP contribution in [0.4, 0.5) is 5.69 Å². The maximum atomic E-state index is 12.3. The van der Waals surface area contributed by atoms with Crippen molar-refractivity contribution in [2.45, 2.75) is 12.5 Å². The third-order valence-corrected chi connectivity index (χ3v) is 5.30. The second-order valence-corrected chi connectivity index (χ2v) is 7.16. The molecule has 0 radical (unpaired) electrons. The van der Waals surface area contributed by atoms with E-state index in [0.29, 0.717) is 23.4 Å². The first kappa shape index (κ1) is 14.6. The molecule has 0 spiro atoms. The number of benzene rings is 1. The summed E-state index contributed by atoms with van der Waals surface area (Å²) in [5.41, 5.74) is 6.58. The minimum absolute atomic E-state index is 0.0286. The highest BCUT2D eigenvalue weighted by atomic mass is 32.2. The molecule has 1 fully saturated rings. The van der Waals surface area contributed by atoms with Crippen LogP contribution in [0.3, 0.4) is 0 Å². The Labute approximate surface area is 118 Å². The van der Waals surface area contributed by atoms with Crippen molar-refractivity contribution in [1.82, 2.24) is 4.90 Å². The molecule has 2 N–H and O–H groups in total. The number of hydrogen-bond acceptors (Lipinski definition) is 5. The molecule has 110 valence electrons. The van der Waals surface area contributed by atoms with Gasteiger partial charge in [-0.1, -0.05) is 0 Å². The largest absolute Gasteiger partial charge is 0.495 e. The first-order valence-electron chi connectivity index (χ1n) is 6.25. The number of amides is 1. The van der Waals surface area contributed by atoms with Gasteiger partial charge in [0.1, 0.15) is 5.75 Å². The van der Waals surface area contributed by atoms with Crippen molar-refractivity contribution in [2.75, 3.05) is 31.4 Å². The van der Waals surface area contributed by atoms with E-state index in [2.05, 4.69) is 0 Å².